The van der Waals surface area contributed by atoms with Crippen LogP contribution < -0.4 is 10.5 Å². The monoisotopic (exact) mass is 222 g/mol. The van der Waals surface area contributed by atoms with E-state index < -0.39 is 0 Å². The summed E-state index contributed by atoms with van der Waals surface area (Å²) in [5.74, 6) is 0.734. The van der Waals surface area contributed by atoms with E-state index in [0.717, 1.165) is 24.3 Å². The fourth-order valence-corrected chi connectivity index (χ4v) is 2.10. The van der Waals surface area contributed by atoms with Gasteiger partial charge in [0.25, 0.3) is 0 Å². The third-order valence-electron chi connectivity index (χ3n) is 3.00. The van der Waals surface area contributed by atoms with Crippen LogP contribution in [0.1, 0.15) is 31.5 Å². The number of aromatic nitrogens is 1. The molecule has 2 heterocycles. The van der Waals surface area contributed by atoms with Crippen LogP contribution in [0.3, 0.4) is 0 Å². The van der Waals surface area contributed by atoms with E-state index >= 15 is 0 Å². The van der Waals surface area contributed by atoms with Crippen LogP contribution in [0.25, 0.3) is 0 Å². The van der Waals surface area contributed by atoms with Gasteiger partial charge in [0.1, 0.15) is 11.4 Å². The second-order valence-electron chi connectivity index (χ2n) is 4.18. The number of rotatable bonds is 3. The molecule has 4 heteroatoms. The highest BCUT2D eigenvalue weighted by atomic mass is 16.5. The molecule has 0 aliphatic carbocycles. The Hall–Kier alpha value is -1.13. The van der Waals surface area contributed by atoms with Crippen molar-refractivity contribution in [1.82, 2.24) is 4.98 Å². The molecule has 1 aliphatic heterocycles. The van der Waals surface area contributed by atoms with Crippen LogP contribution in [-0.2, 0) is 4.74 Å². The first-order chi connectivity index (χ1) is 7.72. The van der Waals surface area contributed by atoms with Crippen molar-refractivity contribution in [3.05, 3.63) is 24.0 Å². The number of pyridine rings is 1. The number of hydrogen-bond donors (Lipinski definition) is 1. The second kappa shape index (κ2) is 4.80. The minimum Gasteiger partial charge on any atom is -0.495 e. The molecule has 88 valence electrons. The summed E-state index contributed by atoms with van der Waals surface area (Å²) >= 11 is 0. The van der Waals surface area contributed by atoms with Gasteiger partial charge >= 0.3 is 0 Å². The molecule has 16 heavy (non-hydrogen) atoms. The Balaban J connectivity index is 2.16. The van der Waals surface area contributed by atoms with Gasteiger partial charge in [-0.1, -0.05) is 0 Å². The van der Waals surface area contributed by atoms with Crippen LogP contribution in [0, 0.1) is 0 Å². The molecule has 0 aromatic carbocycles. The summed E-state index contributed by atoms with van der Waals surface area (Å²) in [7, 11) is 1.63. The van der Waals surface area contributed by atoms with Gasteiger partial charge in [0.05, 0.1) is 25.4 Å². The standard InChI is InChI=1S/C12H18N2O2/c1-8-5-6-9(16-8)11(13)12-10(15-2)4-3-7-14-12/h3-4,7-9,11H,5-6,13H2,1-2H3. The van der Waals surface area contributed by atoms with Crippen LogP contribution in [0.2, 0.25) is 0 Å². The van der Waals surface area contributed by atoms with E-state index in [2.05, 4.69) is 11.9 Å². The van der Waals surface area contributed by atoms with Crippen LogP contribution in [-0.4, -0.2) is 24.3 Å². The summed E-state index contributed by atoms with van der Waals surface area (Å²) in [4.78, 5) is 4.29. The van der Waals surface area contributed by atoms with Crippen LogP contribution in [0.5, 0.6) is 5.75 Å². The highest BCUT2D eigenvalue weighted by molar-refractivity contribution is 5.30. The molecule has 0 saturated carbocycles. The first-order valence-electron chi connectivity index (χ1n) is 5.62. The lowest BCUT2D eigenvalue weighted by atomic mass is 10.0. The highest BCUT2D eigenvalue weighted by Crippen LogP contribution is 2.31. The molecule has 0 bridgehead atoms. The molecule has 1 fully saturated rings. The molecule has 0 spiro atoms. The molecular weight excluding hydrogens is 204 g/mol. The molecule has 1 aliphatic rings. The van der Waals surface area contributed by atoms with E-state index in [9.17, 15) is 0 Å². The fourth-order valence-electron chi connectivity index (χ4n) is 2.10. The van der Waals surface area contributed by atoms with E-state index in [1.807, 2.05) is 12.1 Å². The van der Waals surface area contributed by atoms with Crippen molar-refractivity contribution in [3.63, 3.8) is 0 Å². The Kier molecular flexibility index (Phi) is 3.41. The Labute approximate surface area is 95.8 Å². The van der Waals surface area contributed by atoms with Crippen molar-refractivity contribution in [1.29, 1.82) is 0 Å². The smallest absolute Gasteiger partial charge is 0.142 e. The Morgan fingerprint density at radius 3 is 3.00 bits per heavy atom. The van der Waals surface area contributed by atoms with Gasteiger partial charge in [0.15, 0.2) is 0 Å². The van der Waals surface area contributed by atoms with Gasteiger partial charge in [-0.25, -0.2) is 0 Å². The molecule has 2 N–H and O–H groups in total. The van der Waals surface area contributed by atoms with Gasteiger partial charge in [-0.2, -0.15) is 0 Å². The summed E-state index contributed by atoms with van der Waals surface area (Å²) in [6.07, 6.45) is 4.13. The van der Waals surface area contributed by atoms with Crippen molar-refractivity contribution >= 4 is 0 Å². The lowest BCUT2D eigenvalue weighted by Crippen LogP contribution is -2.27. The lowest BCUT2D eigenvalue weighted by molar-refractivity contribution is 0.0388. The minimum absolute atomic E-state index is 0.0544. The maximum absolute atomic E-state index is 6.17. The van der Waals surface area contributed by atoms with E-state index in [4.69, 9.17) is 15.2 Å². The van der Waals surface area contributed by atoms with E-state index in [0.29, 0.717) is 6.10 Å². The molecule has 2 rings (SSSR count). The lowest BCUT2D eigenvalue weighted by Gasteiger charge is -2.20. The summed E-state index contributed by atoms with van der Waals surface area (Å²) in [6, 6.07) is 3.51. The molecule has 0 radical (unpaired) electrons. The van der Waals surface area contributed by atoms with E-state index in [1.54, 1.807) is 13.3 Å². The summed E-state index contributed by atoms with van der Waals surface area (Å²) < 4.78 is 11.0. The number of nitrogens with two attached hydrogens (primary N) is 1. The van der Waals surface area contributed by atoms with Gasteiger partial charge in [-0.15, -0.1) is 0 Å². The first kappa shape index (κ1) is 11.4. The quantitative estimate of drug-likeness (QED) is 0.845. The second-order valence-corrected chi connectivity index (χ2v) is 4.18. The van der Waals surface area contributed by atoms with Crippen LogP contribution in [0.15, 0.2) is 18.3 Å². The Bertz CT molecular complexity index is 357. The average molecular weight is 222 g/mol. The van der Waals surface area contributed by atoms with Crippen molar-refractivity contribution in [2.24, 2.45) is 5.73 Å². The zero-order valence-corrected chi connectivity index (χ0v) is 9.72. The van der Waals surface area contributed by atoms with Gasteiger partial charge in [-0.05, 0) is 31.9 Å². The van der Waals surface area contributed by atoms with Crippen LogP contribution >= 0.6 is 0 Å². The van der Waals surface area contributed by atoms with Crippen molar-refractivity contribution in [3.8, 4) is 5.75 Å². The average Bonchev–Trinajstić information content (AvgIpc) is 2.75. The van der Waals surface area contributed by atoms with Gasteiger partial charge in [0.2, 0.25) is 0 Å². The first-order valence-corrected chi connectivity index (χ1v) is 5.62. The molecule has 1 aromatic heterocycles. The number of hydrogen-bond acceptors (Lipinski definition) is 4. The highest BCUT2D eigenvalue weighted by Gasteiger charge is 2.30. The number of ether oxygens (including phenoxy) is 2. The SMILES string of the molecule is COc1cccnc1C(N)C1CCC(C)O1. The van der Waals surface area contributed by atoms with Gasteiger partial charge < -0.3 is 15.2 Å². The zero-order chi connectivity index (χ0) is 11.5. The third-order valence-corrected chi connectivity index (χ3v) is 3.00. The largest absolute Gasteiger partial charge is 0.495 e. The predicted molar refractivity (Wildman–Crippen MR) is 61.3 cm³/mol. The molecule has 1 aromatic rings. The Morgan fingerprint density at radius 1 is 1.56 bits per heavy atom. The number of nitrogens with zero attached hydrogens (tertiary/aromatic N) is 1. The molecule has 0 amide bonds. The van der Waals surface area contributed by atoms with Crippen molar-refractivity contribution in [2.75, 3.05) is 7.11 Å². The number of methoxy groups -OCH3 is 1. The van der Waals surface area contributed by atoms with Gasteiger partial charge in [0, 0.05) is 6.20 Å². The maximum Gasteiger partial charge on any atom is 0.142 e. The Morgan fingerprint density at radius 2 is 2.38 bits per heavy atom. The molecule has 1 saturated heterocycles. The summed E-state index contributed by atoms with van der Waals surface area (Å²) in [6.45, 7) is 2.07. The normalized spacial score (nSPS) is 26.7. The van der Waals surface area contributed by atoms with Crippen molar-refractivity contribution < 1.29 is 9.47 Å². The topological polar surface area (TPSA) is 57.4 Å². The molecule has 3 atom stereocenters. The van der Waals surface area contributed by atoms with Crippen molar-refractivity contribution in [2.45, 2.75) is 38.0 Å². The zero-order valence-electron chi connectivity index (χ0n) is 9.72. The maximum atomic E-state index is 6.17. The predicted octanol–water partition coefficient (Wildman–Crippen LogP) is 1.66. The van der Waals surface area contributed by atoms with Gasteiger partial charge in [-0.3, -0.25) is 4.98 Å². The van der Waals surface area contributed by atoms with E-state index in [1.165, 1.54) is 0 Å². The molecule has 3 unspecified atom stereocenters. The van der Waals surface area contributed by atoms with E-state index in [-0.39, 0.29) is 12.1 Å². The third kappa shape index (κ3) is 2.18. The summed E-state index contributed by atoms with van der Waals surface area (Å²) in [5, 5.41) is 0. The molecular formula is C12H18N2O2. The summed E-state index contributed by atoms with van der Waals surface area (Å²) in [5.41, 5.74) is 6.95. The van der Waals surface area contributed by atoms with Crippen LogP contribution in [0.4, 0.5) is 0 Å². The molecule has 4 nitrogen and oxygen atoms in total. The fraction of sp³-hybridized carbons (Fsp3) is 0.583. The minimum atomic E-state index is -0.207.